The number of benzene rings is 2. The van der Waals surface area contributed by atoms with Gasteiger partial charge in [0.05, 0.1) is 23.5 Å². The van der Waals surface area contributed by atoms with E-state index in [-0.39, 0.29) is 17.9 Å². The molecule has 0 radical (unpaired) electrons. The van der Waals surface area contributed by atoms with Crippen LogP contribution in [0.1, 0.15) is 18.6 Å². The number of hydrogen-bond acceptors (Lipinski definition) is 9. The number of nitro benzene ring substituents is 1. The van der Waals surface area contributed by atoms with Gasteiger partial charge in [0.1, 0.15) is 11.9 Å². The summed E-state index contributed by atoms with van der Waals surface area (Å²) < 4.78 is 39.9. The number of carbonyl (C=O) groups excluding carboxylic acids is 1. The van der Waals surface area contributed by atoms with Crippen molar-refractivity contribution in [3.8, 4) is 5.75 Å². The molecule has 0 aliphatic carbocycles. The molecule has 2 aromatic carbocycles. The van der Waals surface area contributed by atoms with Crippen LogP contribution >= 0.6 is 0 Å². The maximum Gasteiger partial charge on any atom is 0.339 e. The van der Waals surface area contributed by atoms with Crippen molar-refractivity contribution in [2.24, 2.45) is 0 Å². The van der Waals surface area contributed by atoms with Crippen molar-refractivity contribution < 1.29 is 36.9 Å². The molecule has 2 atom stereocenters. The van der Waals surface area contributed by atoms with Crippen molar-refractivity contribution in [1.82, 2.24) is 0 Å². The van der Waals surface area contributed by atoms with Gasteiger partial charge in [0.2, 0.25) is 6.10 Å². The number of rotatable bonds is 9. The molecule has 1 N–H and O–H groups in total. The molecular formula is C18H19NO9S. The minimum Gasteiger partial charge on any atom is -0.497 e. The first-order valence-corrected chi connectivity index (χ1v) is 9.76. The molecule has 0 aliphatic rings. The number of non-ortho nitro benzene ring substituents is 1. The van der Waals surface area contributed by atoms with Crippen LogP contribution in [0.2, 0.25) is 0 Å². The third-order valence-corrected chi connectivity index (χ3v) is 5.14. The van der Waals surface area contributed by atoms with Crippen LogP contribution in [0.15, 0.2) is 53.4 Å². The fraction of sp³-hybridized carbons (Fsp3) is 0.278. The van der Waals surface area contributed by atoms with Crippen LogP contribution in [0, 0.1) is 10.1 Å². The van der Waals surface area contributed by atoms with Gasteiger partial charge >= 0.3 is 5.97 Å². The second-order valence-electron chi connectivity index (χ2n) is 5.69. The zero-order valence-electron chi connectivity index (χ0n) is 15.5. The molecule has 156 valence electrons. The van der Waals surface area contributed by atoms with Gasteiger partial charge in [-0.1, -0.05) is 12.1 Å². The van der Waals surface area contributed by atoms with Crippen LogP contribution in [-0.4, -0.2) is 44.2 Å². The molecular weight excluding hydrogens is 406 g/mol. The van der Waals surface area contributed by atoms with Crippen molar-refractivity contribution in [2.75, 3.05) is 13.7 Å². The molecule has 0 aromatic heterocycles. The Bertz CT molecular complexity index is 956. The zero-order chi connectivity index (χ0) is 21.6. The van der Waals surface area contributed by atoms with E-state index in [4.69, 9.17) is 13.7 Å². The Morgan fingerprint density at radius 1 is 1.14 bits per heavy atom. The van der Waals surface area contributed by atoms with Gasteiger partial charge in [-0.15, -0.1) is 0 Å². The minimum atomic E-state index is -4.54. The second kappa shape index (κ2) is 9.45. The summed E-state index contributed by atoms with van der Waals surface area (Å²) in [5.74, 6) is -0.589. The van der Waals surface area contributed by atoms with Crippen LogP contribution in [0.4, 0.5) is 5.69 Å². The topological polar surface area (TPSA) is 142 Å². The smallest absolute Gasteiger partial charge is 0.339 e. The average Bonchev–Trinajstić information content (AvgIpc) is 2.71. The molecule has 0 bridgehead atoms. The summed E-state index contributed by atoms with van der Waals surface area (Å²) >= 11 is 0. The van der Waals surface area contributed by atoms with Crippen molar-refractivity contribution in [2.45, 2.75) is 24.0 Å². The number of carbonyl (C=O) groups is 1. The zero-order valence-corrected chi connectivity index (χ0v) is 16.4. The highest BCUT2D eigenvalue weighted by Gasteiger charge is 2.36. The summed E-state index contributed by atoms with van der Waals surface area (Å²) in [4.78, 5) is 21.9. The molecule has 0 heterocycles. The first-order valence-electron chi connectivity index (χ1n) is 8.36. The first kappa shape index (κ1) is 22.3. The number of hydrogen-bond donors (Lipinski definition) is 1. The van der Waals surface area contributed by atoms with Gasteiger partial charge in [-0.3, -0.25) is 10.1 Å². The molecule has 0 amide bonds. The Morgan fingerprint density at radius 3 is 2.21 bits per heavy atom. The fourth-order valence-electron chi connectivity index (χ4n) is 2.35. The molecule has 29 heavy (non-hydrogen) atoms. The number of esters is 1. The van der Waals surface area contributed by atoms with Gasteiger partial charge < -0.3 is 14.6 Å². The van der Waals surface area contributed by atoms with Crippen LogP contribution in [0.25, 0.3) is 0 Å². The van der Waals surface area contributed by atoms with Gasteiger partial charge in [0, 0.05) is 12.1 Å². The predicted molar refractivity (Wildman–Crippen MR) is 99.7 cm³/mol. The van der Waals surface area contributed by atoms with E-state index in [0.717, 1.165) is 24.3 Å². The Balaban J connectivity index is 2.33. The summed E-state index contributed by atoms with van der Waals surface area (Å²) in [6.07, 6.45) is -3.55. The number of aliphatic hydroxyl groups is 1. The first-order chi connectivity index (χ1) is 13.7. The molecule has 0 spiro atoms. The van der Waals surface area contributed by atoms with Crippen LogP contribution in [-0.2, 0) is 23.8 Å². The minimum absolute atomic E-state index is 0.0639. The summed E-state index contributed by atoms with van der Waals surface area (Å²) in [6.45, 7) is 1.45. The van der Waals surface area contributed by atoms with Crippen LogP contribution in [0.3, 0.4) is 0 Å². The summed E-state index contributed by atoms with van der Waals surface area (Å²) in [5.41, 5.74) is -0.119. The van der Waals surface area contributed by atoms with E-state index >= 15 is 0 Å². The molecule has 10 nitrogen and oxygen atoms in total. The lowest BCUT2D eigenvalue weighted by atomic mass is 10.0. The SMILES string of the molecule is CCOC(=O)[C@@H](OS(=O)(=O)c1ccc([N+](=O)[O-])cc1)[C@H](O)c1ccc(OC)cc1. The molecule has 0 fully saturated rings. The normalized spacial score (nSPS) is 13.3. The lowest BCUT2D eigenvalue weighted by molar-refractivity contribution is -0.384. The van der Waals surface area contributed by atoms with Gasteiger partial charge in [0.25, 0.3) is 15.8 Å². The van der Waals surface area contributed by atoms with E-state index in [1.54, 1.807) is 0 Å². The van der Waals surface area contributed by atoms with Gasteiger partial charge in [-0.25, -0.2) is 8.98 Å². The Labute approximate surface area is 166 Å². The molecule has 2 aromatic rings. The Hall–Kier alpha value is -3.02. The number of nitro groups is 1. The number of nitrogens with zero attached hydrogens (tertiary/aromatic N) is 1. The third kappa shape index (κ3) is 5.50. The molecule has 0 unspecified atom stereocenters. The highest BCUT2D eigenvalue weighted by molar-refractivity contribution is 7.86. The van der Waals surface area contributed by atoms with E-state index in [0.29, 0.717) is 5.75 Å². The van der Waals surface area contributed by atoms with E-state index in [2.05, 4.69) is 0 Å². The van der Waals surface area contributed by atoms with Gasteiger partial charge in [-0.05, 0) is 36.8 Å². The maximum absolute atomic E-state index is 12.5. The Kier molecular flexibility index (Phi) is 7.26. The van der Waals surface area contributed by atoms with Crippen molar-refractivity contribution in [3.05, 3.63) is 64.2 Å². The summed E-state index contributed by atoms with van der Waals surface area (Å²) in [7, 11) is -3.09. The molecule has 0 saturated carbocycles. The number of aliphatic hydroxyl groups excluding tert-OH is 1. The molecule has 0 aliphatic heterocycles. The van der Waals surface area contributed by atoms with Gasteiger partial charge in [-0.2, -0.15) is 8.42 Å². The highest BCUT2D eigenvalue weighted by Crippen LogP contribution is 2.27. The monoisotopic (exact) mass is 425 g/mol. The largest absolute Gasteiger partial charge is 0.497 e. The fourth-order valence-corrected chi connectivity index (χ4v) is 3.38. The summed E-state index contributed by atoms with van der Waals surface area (Å²) in [5, 5.41) is 21.3. The predicted octanol–water partition coefficient (Wildman–Crippen LogP) is 1.97. The van der Waals surface area contributed by atoms with E-state index in [1.165, 1.54) is 38.3 Å². The Morgan fingerprint density at radius 2 is 1.72 bits per heavy atom. The lowest BCUT2D eigenvalue weighted by Crippen LogP contribution is -2.35. The van der Waals surface area contributed by atoms with E-state index in [9.17, 15) is 28.4 Å². The second-order valence-corrected chi connectivity index (χ2v) is 7.26. The standard InChI is InChI=1S/C18H19NO9S/c1-3-27-18(21)17(16(20)12-4-8-14(26-2)9-5-12)28-29(24,25)15-10-6-13(7-11-15)19(22)23/h4-11,16-17,20H,3H2,1-2H3/t16-,17+/m1/s1. The lowest BCUT2D eigenvalue weighted by Gasteiger charge is -2.21. The van der Waals surface area contributed by atoms with Crippen molar-refractivity contribution in [3.63, 3.8) is 0 Å². The van der Waals surface area contributed by atoms with Crippen molar-refractivity contribution >= 4 is 21.8 Å². The number of ether oxygens (including phenoxy) is 2. The summed E-state index contributed by atoms with van der Waals surface area (Å²) in [6, 6.07) is 9.82. The molecule has 2 rings (SSSR count). The van der Waals surface area contributed by atoms with Crippen LogP contribution in [0.5, 0.6) is 5.75 Å². The van der Waals surface area contributed by atoms with Gasteiger partial charge in [0.15, 0.2) is 0 Å². The van der Waals surface area contributed by atoms with Crippen LogP contribution < -0.4 is 4.74 Å². The van der Waals surface area contributed by atoms with E-state index in [1.807, 2.05) is 0 Å². The average molecular weight is 425 g/mol. The van der Waals surface area contributed by atoms with E-state index < -0.39 is 38.1 Å². The highest BCUT2D eigenvalue weighted by atomic mass is 32.2. The molecule has 0 saturated heterocycles. The molecule has 11 heteroatoms. The van der Waals surface area contributed by atoms with Crippen molar-refractivity contribution in [1.29, 1.82) is 0 Å². The number of methoxy groups -OCH3 is 1. The third-order valence-electron chi connectivity index (χ3n) is 3.83. The quantitative estimate of drug-likeness (QED) is 0.276. The maximum atomic E-state index is 12.5.